The number of aliphatic imine (C=N–C) groups is 1. The van der Waals surface area contributed by atoms with Gasteiger partial charge in [0.1, 0.15) is 5.82 Å². The molecule has 0 radical (unpaired) electrons. The van der Waals surface area contributed by atoms with Crippen molar-refractivity contribution in [3.8, 4) is 17.1 Å². The van der Waals surface area contributed by atoms with E-state index in [1.54, 1.807) is 25.7 Å². The Hall–Kier alpha value is -3.48. The van der Waals surface area contributed by atoms with Gasteiger partial charge in [-0.3, -0.25) is 4.98 Å². The minimum atomic E-state index is 0.557. The molecule has 4 rings (SSSR count). The average Bonchev–Trinajstić information content (AvgIpc) is 2.72. The first-order valence-corrected chi connectivity index (χ1v) is 8.64. The van der Waals surface area contributed by atoms with Crippen molar-refractivity contribution in [1.29, 1.82) is 0 Å². The number of aromatic nitrogens is 3. The van der Waals surface area contributed by atoms with Crippen LogP contribution in [0.1, 0.15) is 11.1 Å². The third kappa shape index (κ3) is 3.72. The summed E-state index contributed by atoms with van der Waals surface area (Å²) in [6.07, 6.45) is 7.14. The zero-order chi connectivity index (χ0) is 18.6. The Morgan fingerprint density at radius 2 is 2.00 bits per heavy atom. The summed E-state index contributed by atoms with van der Waals surface area (Å²) >= 11 is 0. The van der Waals surface area contributed by atoms with E-state index in [1.807, 2.05) is 48.6 Å². The molecule has 0 aliphatic carbocycles. The first kappa shape index (κ1) is 17.0. The fraction of sp³-hybridized carbons (Fsp3) is 0.200. The van der Waals surface area contributed by atoms with Crippen LogP contribution in [-0.4, -0.2) is 40.3 Å². The van der Waals surface area contributed by atoms with Crippen LogP contribution in [0.4, 0.5) is 11.5 Å². The number of nitrogens with one attached hydrogen (secondary N) is 1. The summed E-state index contributed by atoms with van der Waals surface area (Å²) in [6.45, 7) is 1.42. The van der Waals surface area contributed by atoms with Crippen molar-refractivity contribution < 1.29 is 4.74 Å². The summed E-state index contributed by atoms with van der Waals surface area (Å²) in [5, 5.41) is 3.46. The predicted molar refractivity (Wildman–Crippen MR) is 105 cm³/mol. The molecule has 3 aromatic heterocycles. The lowest BCUT2D eigenvalue weighted by Crippen LogP contribution is -2.20. The van der Waals surface area contributed by atoms with E-state index >= 15 is 0 Å². The van der Waals surface area contributed by atoms with Crippen LogP contribution in [0.5, 0.6) is 5.88 Å². The molecule has 1 aliphatic heterocycles. The Morgan fingerprint density at radius 1 is 1.15 bits per heavy atom. The van der Waals surface area contributed by atoms with E-state index < -0.39 is 0 Å². The molecule has 4 heterocycles. The van der Waals surface area contributed by atoms with E-state index in [2.05, 4.69) is 20.3 Å². The first-order valence-electron chi connectivity index (χ1n) is 8.64. The van der Waals surface area contributed by atoms with Gasteiger partial charge < -0.3 is 15.0 Å². The van der Waals surface area contributed by atoms with Crippen LogP contribution in [0.25, 0.3) is 11.3 Å². The molecule has 7 nitrogen and oxygen atoms in total. The van der Waals surface area contributed by atoms with Crippen molar-refractivity contribution in [3.05, 3.63) is 60.0 Å². The lowest BCUT2D eigenvalue weighted by Gasteiger charge is -2.23. The fourth-order valence-corrected chi connectivity index (χ4v) is 2.94. The summed E-state index contributed by atoms with van der Waals surface area (Å²) in [5.41, 5.74) is 4.91. The van der Waals surface area contributed by atoms with Gasteiger partial charge in [0.05, 0.1) is 24.8 Å². The highest BCUT2D eigenvalue weighted by Crippen LogP contribution is 2.34. The monoisotopic (exact) mass is 360 g/mol. The summed E-state index contributed by atoms with van der Waals surface area (Å²) in [6, 6.07) is 9.77. The maximum absolute atomic E-state index is 5.24. The van der Waals surface area contributed by atoms with Crippen LogP contribution in [0.2, 0.25) is 0 Å². The van der Waals surface area contributed by atoms with Crippen LogP contribution < -0.4 is 10.1 Å². The van der Waals surface area contributed by atoms with E-state index in [4.69, 9.17) is 9.72 Å². The number of ether oxygens (including phenoxy) is 1. The van der Waals surface area contributed by atoms with Gasteiger partial charge in [0, 0.05) is 55.9 Å². The molecule has 0 unspecified atom stereocenters. The lowest BCUT2D eigenvalue weighted by atomic mass is 10.1. The number of pyridine rings is 3. The second-order valence-electron chi connectivity index (χ2n) is 6.31. The molecule has 3 aromatic rings. The highest BCUT2D eigenvalue weighted by molar-refractivity contribution is 5.76. The van der Waals surface area contributed by atoms with Crippen molar-refractivity contribution in [1.82, 2.24) is 19.9 Å². The standard InChI is InChI=1S/C20H20N6O/c1-26-12-16-18(24-13-26)10-17(15-5-8-22-19(9-15)27-2)25-20(16)23-11-14-3-6-21-7-4-14/h3-10,13H,11-12H2,1-2H3,(H,23,25). The van der Waals surface area contributed by atoms with Crippen LogP contribution in [0, 0.1) is 0 Å². The smallest absolute Gasteiger partial charge is 0.213 e. The fourth-order valence-electron chi connectivity index (χ4n) is 2.94. The van der Waals surface area contributed by atoms with Gasteiger partial charge in [-0.15, -0.1) is 0 Å². The minimum Gasteiger partial charge on any atom is -0.481 e. The Bertz CT molecular complexity index is 973. The Kier molecular flexibility index (Phi) is 4.65. The van der Waals surface area contributed by atoms with Gasteiger partial charge in [-0.05, 0) is 29.8 Å². The van der Waals surface area contributed by atoms with Crippen molar-refractivity contribution in [2.75, 3.05) is 19.5 Å². The third-order valence-corrected chi connectivity index (χ3v) is 4.35. The van der Waals surface area contributed by atoms with Crippen LogP contribution >= 0.6 is 0 Å². The van der Waals surface area contributed by atoms with Gasteiger partial charge in [-0.1, -0.05) is 0 Å². The van der Waals surface area contributed by atoms with Crippen molar-refractivity contribution in [3.63, 3.8) is 0 Å². The highest BCUT2D eigenvalue weighted by atomic mass is 16.5. The van der Waals surface area contributed by atoms with Crippen LogP contribution in [0.15, 0.2) is 53.9 Å². The number of nitrogens with zero attached hydrogens (tertiary/aromatic N) is 5. The molecule has 0 bridgehead atoms. The third-order valence-electron chi connectivity index (χ3n) is 4.35. The summed E-state index contributed by atoms with van der Waals surface area (Å²) in [4.78, 5) is 19.7. The molecule has 1 aliphatic rings. The zero-order valence-electron chi connectivity index (χ0n) is 15.3. The number of hydrogen-bond donors (Lipinski definition) is 1. The van der Waals surface area contributed by atoms with Gasteiger partial charge in [0.25, 0.3) is 0 Å². The number of methoxy groups -OCH3 is 1. The number of anilines is 1. The van der Waals surface area contributed by atoms with E-state index in [9.17, 15) is 0 Å². The number of fused-ring (bicyclic) bond motifs is 1. The van der Waals surface area contributed by atoms with Gasteiger partial charge >= 0.3 is 0 Å². The molecule has 0 saturated heterocycles. The molecule has 0 atom stereocenters. The second kappa shape index (κ2) is 7.41. The van der Waals surface area contributed by atoms with E-state index in [0.717, 1.165) is 40.4 Å². The molecular weight excluding hydrogens is 340 g/mol. The van der Waals surface area contributed by atoms with Gasteiger partial charge in [0.15, 0.2) is 0 Å². The summed E-state index contributed by atoms with van der Waals surface area (Å²) < 4.78 is 5.24. The van der Waals surface area contributed by atoms with Crippen LogP contribution in [0.3, 0.4) is 0 Å². The molecule has 7 heteroatoms. The maximum Gasteiger partial charge on any atom is 0.213 e. The van der Waals surface area contributed by atoms with Crippen LogP contribution in [-0.2, 0) is 13.1 Å². The van der Waals surface area contributed by atoms with Gasteiger partial charge in [-0.25, -0.2) is 15.0 Å². The maximum atomic E-state index is 5.24. The molecule has 0 spiro atoms. The molecule has 0 fully saturated rings. The molecule has 0 amide bonds. The van der Waals surface area contributed by atoms with Crippen molar-refractivity contribution in [2.24, 2.45) is 4.99 Å². The summed E-state index contributed by atoms with van der Waals surface area (Å²) in [7, 11) is 3.61. The quantitative estimate of drug-likeness (QED) is 0.753. The SMILES string of the molecule is COc1cc(-c2cc3c(c(NCc4ccncc4)n2)CN(C)C=N3)ccn1. The zero-order valence-corrected chi connectivity index (χ0v) is 15.3. The van der Waals surface area contributed by atoms with Crippen molar-refractivity contribution in [2.45, 2.75) is 13.1 Å². The van der Waals surface area contributed by atoms with E-state index in [1.165, 1.54) is 0 Å². The number of rotatable bonds is 5. The highest BCUT2D eigenvalue weighted by Gasteiger charge is 2.17. The van der Waals surface area contributed by atoms with Gasteiger partial charge in [-0.2, -0.15) is 0 Å². The second-order valence-corrected chi connectivity index (χ2v) is 6.31. The molecule has 0 saturated carbocycles. The topological polar surface area (TPSA) is 75.5 Å². The predicted octanol–water partition coefficient (Wildman–Crippen LogP) is 3.26. The first-order chi connectivity index (χ1) is 13.2. The molecule has 1 N–H and O–H groups in total. The Balaban J connectivity index is 1.72. The Labute approximate surface area is 157 Å². The summed E-state index contributed by atoms with van der Waals surface area (Å²) in [5.74, 6) is 1.39. The molecule has 27 heavy (non-hydrogen) atoms. The normalized spacial score (nSPS) is 12.6. The molecular formula is C20H20N6O. The lowest BCUT2D eigenvalue weighted by molar-refractivity contribution is 0.398. The number of hydrogen-bond acceptors (Lipinski definition) is 7. The average molecular weight is 360 g/mol. The molecule has 136 valence electrons. The minimum absolute atomic E-state index is 0.557. The van der Waals surface area contributed by atoms with Gasteiger partial charge in [0.2, 0.25) is 5.88 Å². The molecule has 0 aromatic carbocycles. The van der Waals surface area contributed by atoms with Crippen molar-refractivity contribution >= 4 is 17.8 Å². The van der Waals surface area contributed by atoms with E-state index in [-0.39, 0.29) is 0 Å². The van der Waals surface area contributed by atoms with E-state index in [0.29, 0.717) is 12.4 Å². The largest absolute Gasteiger partial charge is 0.481 e. The Morgan fingerprint density at radius 3 is 2.81 bits per heavy atom.